The van der Waals surface area contributed by atoms with Crippen LogP contribution in [0.4, 0.5) is 0 Å². The summed E-state index contributed by atoms with van der Waals surface area (Å²) in [5.74, 6) is -1.12. The van der Waals surface area contributed by atoms with Crippen LogP contribution in [0.15, 0.2) is 10.1 Å². The average molecular weight is 352 g/mol. The van der Waals surface area contributed by atoms with Crippen LogP contribution >= 0.6 is 11.8 Å². The largest absolute Gasteiger partial charge is 0.461 e. The summed E-state index contributed by atoms with van der Waals surface area (Å²) in [6.45, 7) is 6.25. The SMILES string of the molecule is CCOC(=O)c1nnn2c1Sc1c(C(=O)OCC)nnn1C(C)C2. The second kappa shape index (κ2) is 6.59. The molecule has 2 aromatic rings. The molecule has 0 N–H and O–H groups in total. The van der Waals surface area contributed by atoms with Crippen LogP contribution in [0.2, 0.25) is 0 Å². The molecule has 0 aromatic carbocycles. The Morgan fingerprint density at radius 1 is 1.08 bits per heavy atom. The minimum atomic E-state index is -0.558. The van der Waals surface area contributed by atoms with Crippen molar-refractivity contribution in [3.05, 3.63) is 11.4 Å². The third-order valence-corrected chi connectivity index (χ3v) is 4.50. The maximum Gasteiger partial charge on any atom is 0.361 e. The van der Waals surface area contributed by atoms with Crippen molar-refractivity contribution < 1.29 is 19.1 Å². The van der Waals surface area contributed by atoms with E-state index < -0.39 is 11.9 Å². The fourth-order valence-electron chi connectivity index (χ4n) is 2.27. The predicted molar refractivity (Wildman–Crippen MR) is 80.8 cm³/mol. The second-order valence-corrected chi connectivity index (χ2v) is 5.98. The van der Waals surface area contributed by atoms with Crippen molar-refractivity contribution in [3.8, 4) is 0 Å². The summed E-state index contributed by atoms with van der Waals surface area (Å²) >= 11 is 1.16. The minimum absolute atomic E-state index is 0.109. The van der Waals surface area contributed by atoms with Gasteiger partial charge in [-0.25, -0.2) is 19.0 Å². The van der Waals surface area contributed by atoms with Crippen molar-refractivity contribution >= 4 is 23.7 Å². The number of rotatable bonds is 4. The normalized spacial score (nSPS) is 16.0. The Kier molecular flexibility index (Phi) is 4.51. The highest BCUT2D eigenvalue weighted by Crippen LogP contribution is 2.36. The first-order valence-corrected chi connectivity index (χ1v) is 8.29. The molecule has 2 aromatic heterocycles. The molecule has 10 nitrogen and oxygen atoms in total. The summed E-state index contributed by atoms with van der Waals surface area (Å²) in [6.07, 6.45) is 0. The minimum Gasteiger partial charge on any atom is -0.461 e. The van der Waals surface area contributed by atoms with Gasteiger partial charge in [0.1, 0.15) is 10.1 Å². The maximum atomic E-state index is 12.1. The lowest BCUT2D eigenvalue weighted by molar-refractivity contribution is 0.0506. The highest BCUT2D eigenvalue weighted by Gasteiger charge is 2.32. The van der Waals surface area contributed by atoms with Gasteiger partial charge in [0, 0.05) is 0 Å². The van der Waals surface area contributed by atoms with Crippen molar-refractivity contribution in [1.82, 2.24) is 30.0 Å². The Morgan fingerprint density at radius 2 is 1.67 bits per heavy atom. The van der Waals surface area contributed by atoms with Crippen LogP contribution in [-0.4, -0.2) is 55.1 Å². The highest BCUT2D eigenvalue weighted by molar-refractivity contribution is 7.99. The molecule has 1 aliphatic heterocycles. The number of aromatic nitrogens is 6. The number of nitrogens with zero attached hydrogens (tertiary/aromatic N) is 6. The van der Waals surface area contributed by atoms with E-state index in [0.29, 0.717) is 16.6 Å². The molecular weight excluding hydrogens is 336 g/mol. The molecule has 11 heteroatoms. The number of hydrogen-bond acceptors (Lipinski definition) is 9. The van der Waals surface area contributed by atoms with E-state index in [2.05, 4.69) is 20.6 Å². The summed E-state index contributed by atoms with van der Waals surface area (Å²) in [7, 11) is 0. The zero-order valence-corrected chi connectivity index (χ0v) is 14.2. The molecule has 0 spiro atoms. The Balaban J connectivity index is 2.04. The fourth-order valence-corrected chi connectivity index (χ4v) is 3.42. The number of carbonyl (C=O) groups is 2. The maximum absolute atomic E-state index is 12.1. The second-order valence-electron chi connectivity index (χ2n) is 5.01. The van der Waals surface area contributed by atoms with Crippen molar-refractivity contribution in [2.45, 2.75) is 43.4 Å². The van der Waals surface area contributed by atoms with Gasteiger partial charge in [-0.15, -0.1) is 10.2 Å². The van der Waals surface area contributed by atoms with Crippen molar-refractivity contribution in [1.29, 1.82) is 0 Å². The van der Waals surface area contributed by atoms with Crippen LogP contribution in [0.3, 0.4) is 0 Å². The molecule has 0 saturated carbocycles. The number of ether oxygens (including phenoxy) is 2. The van der Waals surface area contributed by atoms with Crippen LogP contribution in [0.1, 0.15) is 47.8 Å². The molecule has 0 saturated heterocycles. The van der Waals surface area contributed by atoms with Gasteiger partial charge in [-0.2, -0.15) is 0 Å². The van der Waals surface area contributed by atoms with Gasteiger partial charge >= 0.3 is 11.9 Å². The van der Waals surface area contributed by atoms with Crippen LogP contribution in [-0.2, 0) is 16.0 Å². The molecular formula is C13H16N6O4S. The van der Waals surface area contributed by atoms with Crippen LogP contribution < -0.4 is 0 Å². The van der Waals surface area contributed by atoms with E-state index in [4.69, 9.17) is 9.47 Å². The number of hydrogen-bond donors (Lipinski definition) is 0. The van der Waals surface area contributed by atoms with E-state index in [9.17, 15) is 9.59 Å². The van der Waals surface area contributed by atoms with E-state index in [-0.39, 0.29) is 30.6 Å². The average Bonchev–Trinajstić information content (AvgIpc) is 3.10. The van der Waals surface area contributed by atoms with E-state index in [1.807, 2.05) is 6.92 Å². The summed E-state index contributed by atoms with van der Waals surface area (Å²) in [5, 5.41) is 16.9. The first kappa shape index (κ1) is 16.4. The van der Waals surface area contributed by atoms with Gasteiger partial charge in [0.15, 0.2) is 0 Å². The summed E-state index contributed by atoms with van der Waals surface area (Å²) in [6, 6.07) is -0.124. The molecule has 1 atom stereocenters. The van der Waals surface area contributed by atoms with Crippen molar-refractivity contribution in [2.24, 2.45) is 0 Å². The lowest BCUT2D eigenvalue weighted by atomic mass is 10.3. The number of esters is 2. The molecule has 1 unspecified atom stereocenters. The van der Waals surface area contributed by atoms with E-state index in [1.165, 1.54) is 0 Å². The van der Waals surface area contributed by atoms with Gasteiger partial charge in [0.25, 0.3) is 0 Å². The third-order valence-electron chi connectivity index (χ3n) is 3.33. The molecule has 3 rings (SSSR count). The Morgan fingerprint density at radius 3 is 2.29 bits per heavy atom. The molecule has 0 amide bonds. The standard InChI is InChI=1S/C13H16N6O4S/c1-4-22-12(20)8-10-18(16-14-8)6-7(3)19-11(24-10)9(15-17-19)13(21)23-5-2/h7H,4-6H2,1-3H3. The van der Waals surface area contributed by atoms with Gasteiger partial charge in [0.05, 0.1) is 25.8 Å². The number of carbonyl (C=O) groups excluding carboxylic acids is 2. The van der Waals surface area contributed by atoms with Gasteiger partial charge in [0.2, 0.25) is 11.4 Å². The Labute approximate surface area is 141 Å². The quantitative estimate of drug-likeness (QED) is 0.742. The fraction of sp³-hybridized carbons (Fsp3) is 0.538. The zero-order chi connectivity index (χ0) is 17.3. The summed E-state index contributed by atoms with van der Waals surface area (Å²) in [5.41, 5.74) is 0.219. The predicted octanol–water partition coefficient (Wildman–Crippen LogP) is 0.949. The molecule has 128 valence electrons. The highest BCUT2D eigenvalue weighted by atomic mass is 32.2. The number of fused-ring (bicyclic) bond motifs is 2. The van der Waals surface area contributed by atoms with Crippen LogP contribution in [0.5, 0.6) is 0 Å². The smallest absolute Gasteiger partial charge is 0.361 e. The zero-order valence-electron chi connectivity index (χ0n) is 13.4. The van der Waals surface area contributed by atoms with Gasteiger partial charge in [-0.3, -0.25) is 0 Å². The van der Waals surface area contributed by atoms with Crippen molar-refractivity contribution in [2.75, 3.05) is 13.2 Å². The van der Waals surface area contributed by atoms with E-state index >= 15 is 0 Å². The molecule has 0 radical (unpaired) electrons. The van der Waals surface area contributed by atoms with Crippen LogP contribution in [0.25, 0.3) is 0 Å². The van der Waals surface area contributed by atoms with E-state index in [1.54, 1.807) is 23.2 Å². The first-order valence-electron chi connectivity index (χ1n) is 7.47. The lowest BCUT2D eigenvalue weighted by Gasteiger charge is -2.09. The molecule has 0 aliphatic carbocycles. The Bertz CT molecular complexity index is 786. The lowest BCUT2D eigenvalue weighted by Crippen LogP contribution is -2.14. The summed E-state index contributed by atoms with van der Waals surface area (Å²) in [4.78, 5) is 24.1. The topological polar surface area (TPSA) is 114 Å². The van der Waals surface area contributed by atoms with Crippen LogP contribution in [0, 0.1) is 0 Å². The third kappa shape index (κ3) is 2.75. The van der Waals surface area contributed by atoms with E-state index in [0.717, 1.165) is 11.8 Å². The first-order chi connectivity index (χ1) is 11.6. The molecule has 24 heavy (non-hydrogen) atoms. The molecule has 3 heterocycles. The monoisotopic (exact) mass is 352 g/mol. The van der Waals surface area contributed by atoms with Gasteiger partial charge in [-0.1, -0.05) is 10.4 Å². The molecule has 1 aliphatic rings. The van der Waals surface area contributed by atoms with Gasteiger partial charge < -0.3 is 9.47 Å². The van der Waals surface area contributed by atoms with Gasteiger partial charge in [-0.05, 0) is 32.5 Å². The van der Waals surface area contributed by atoms with Crippen molar-refractivity contribution in [3.63, 3.8) is 0 Å². The molecule has 0 bridgehead atoms. The Hall–Kier alpha value is -2.43. The molecule has 0 fully saturated rings. The summed E-state index contributed by atoms with van der Waals surface area (Å²) < 4.78 is 13.3.